The number of halogens is 2. The van der Waals surface area contributed by atoms with E-state index < -0.39 is 58.8 Å². The van der Waals surface area contributed by atoms with Gasteiger partial charge in [0.05, 0.1) is 24.6 Å². The summed E-state index contributed by atoms with van der Waals surface area (Å²) in [4.78, 5) is 53.3. The number of fused-ring (bicyclic) bond motifs is 1. The fourth-order valence-corrected chi connectivity index (χ4v) is 5.43. The number of nitrogens with zero attached hydrogens (tertiary/aromatic N) is 3. The molecule has 1 saturated carbocycles. The first kappa shape index (κ1) is 33.7. The Kier molecular flexibility index (Phi) is 10.1. The third-order valence-corrected chi connectivity index (χ3v) is 7.53. The predicted octanol–water partition coefficient (Wildman–Crippen LogP) is 3.58. The van der Waals surface area contributed by atoms with Crippen LogP contribution in [0.4, 0.5) is 19.3 Å². The van der Waals surface area contributed by atoms with Gasteiger partial charge >= 0.3 is 12.1 Å². The molecule has 1 aromatic carbocycles. The third kappa shape index (κ3) is 7.91. The van der Waals surface area contributed by atoms with Crippen molar-refractivity contribution in [3.05, 3.63) is 45.3 Å². The number of anilines is 1. The number of carbonyl (C=O) groups is 3. The fourth-order valence-electron chi connectivity index (χ4n) is 5.43. The largest absolute Gasteiger partial charge is 0.492 e. The molecule has 2 heterocycles. The Morgan fingerprint density at radius 2 is 1.91 bits per heavy atom. The van der Waals surface area contributed by atoms with Crippen LogP contribution in [-0.2, 0) is 9.53 Å². The van der Waals surface area contributed by atoms with E-state index in [-0.39, 0.29) is 36.0 Å². The second-order valence-electron chi connectivity index (χ2n) is 12.7. The number of methoxy groups -OCH3 is 1. The maximum absolute atomic E-state index is 15.8. The summed E-state index contributed by atoms with van der Waals surface area (Å²) in [6.07, 6.45) is 2.89. The fraction of sp³-hybridized carbons (Fsp3) is 0.548. The number of carboxylic acid groups (broad SMARTS) is 1. The van der Waals surface area contributed by atoms with Crippen molar-refractivity contribution in [3.63, 3.8) is 0 Å². The van der Waals surface area contributed by atoms with Crippen LogP contribution >= 0.6 is 0 Å². The van der Waals surface area contributed by atoms with Crippen molar-refractivity contribution in [1.82, 2.24) is 20.1 Å². The van der Waals surface area contributed by atoms with Crippen LogP contribution in [0, 0.1) is 5.82 Å². The Balaban J connectivity index is 1.59. The summed E-state index contributed by atoms with van der Waals surface area (Å²) in [5.41, 5.74) is -1.34. The minimum Gasteiger partial charge on any atom is -0.492 e. The van der Waals surface area contributed by atoms with Gasteiger partial charge in [0.2, 0.25) is 11.3 Å². The molecule has 1 aliphatic heterocycles. The van der Waals surface area contributed by atoms with Gasteiger partial charge in [-0.05, 0) is 72.2 Å². The molecule has 45 heavy (non-hydrogen) atoms. The third-order valence-electron chi connectivity index (χ3n) is 7.53. The van der Waals surface area contributed by atoms with E-state index in [1.807, 2.05) is 0 Å². The molecular weight excluding hydrogens is 592 g/mol. The lowest BCUT2D eigenvalue weighted by molar-refractivity contribution is -0.123. The standard InChI is InChI=1S/C31H41F2N5O7/c1-31(2,3)45-30(43)35-23(16-36(4)5)28(40)34-13-22(33)17-8-7-11-37(14-17)25-21(32)12-19-24(27(25)44-6)38(18-9-10-18)15-20(26(19)39)29(41)42/h12,15,18,23H,7-11,13-14,16H2,1-6H3,(H,34,40)(H,35,43)(H,41,42)/b22-17+/t23-/m0/s1. The smallest absolute Gasteiger partial charge is 0.408 e. The van der Waals surface area contributed by atoms with Gasteiger partial charge in [-0.25, -0.2) is 18.4 Å². The molecule has 1 aliphatic carbocycles. The van der Waals surface area contributed by atoms with Crippen molar-refractivity contribution in [2.45, 2.75) is 64.1 Å². The summed E-state index contributed by atoms with van der Waals surface area (Å²) in [6.45, 7) is 5.18. The first-order valence-electron chi connectivity index (χ1n) is 14.8. The zero-order chi connectivity index (χ0) is 33.2. The van der Waals surface area contributed by atoms with Crippen LogP contribution in [0.3, 0.4) is 0 Å². The van der Waals surface area contributed by atoms with Crippen molar-refractivity contribution in [3.8, 4) is 5.75 Å². The van der Waals surface area contributed by atoms with E-state index in [2.05, 4.69) is 10.6 Å². The molecule has 3 N–H and O–H groups in total. The van der Waals surface area contributed by atoms with Gasteiger partial charge in [-0.2, -0.15) is 0 Å². The van der Waals surface area contributed by atoms with Crippen LogP contribution in [0.1, 0.15) is 62.9 Å². The molecule has 1 aromatic heterocycles. The second-order valence-corrected chi connectivity index (χ2v) is 12.7. The molecule has 12 nitrogen and oxygen atoms in total. The van der Waals surface area contributed by atoms with Crippen molar-refractivity contribution >= 4 is 34.6 Å². The molecule has 2 amide bonds. The Hall–Kier alpha value is -4.20. The first-order valence-corrected chi connectivity index (χ1v) is 14.8. The molecule has 1 saturated heterocycles. The van der Waals surface area contributed by atoms with Crippen molar-refractivity contribution in [1.29, 1.82) is 0 Å². The Morgan fingerprint density at radius 1 is 1.22 bits per heavy atom. The van der Waals surface area contributed by atoms with Crippen molar-refractivity contribution in [2.75, 3.05) is 52.3 Å². The molecule has 0 spiro atoms. The normalized spacial score (nSPS) is 17.2. The van der Waals surface area contributed by atoms with Gasteiger partial charge < -0.3 is 39.6 Å². The Morgan fingerprint density at radius 3 is 2.49 bits per heavy atom. The Bertz CT molecular complexity index is 1580. The van der Waals surface area contributed by atoms with Crippen LogP contribution in [0.2, 0.25) is 0 Å². The SMILES string of the molecule is COc1c(N2CCC/C(=C(\F)CNC(=O)[C@H](CN(C)C)NC(=O)OC(C)(C)C)C2)c(F)cc2c(=O)c(C(=O)O)cn(C3CC3)c12. The molecule has 0 radical (unpaired) electrons. The zero-order valence-corrected chi connectivity index (χ0v) is 26.5. The number of pyridine rings is 1. The van der Waals surface area contributed by atoms with E-state index in [4.69, 9.17) is 9.47 Å². The van der Waals surface area contributed by atoms with Gasteiger partial charge in [-0.1, -0.05) is 0 Å². The second kappa shape index (κ2) is 13.4. The Labute approximate surface area is 259 Å². The number of piperidine rings is 1. The summed E-state index contributed by atoms with van der Waals surface area (Å²) in [7, 11) is 4.80. The van der Waals surface area contributed by atoms with Crippen LogP contribution in [-0.4, -0.2) is 91.6 Å². The van der Waals surface area contributed by atoms with Gasteiger partial charge in [-0.3, -0.25) is 9.59 Å². The highest BCUT2D eigenvalue weighted by Crippen LogP contribution is 2.44. The van der Waals surface area contributed by atoms with Crippen molar-refractivity contribution in [2.24, 2.45) is 0 Å². The average molecular weight is 634 g/mol. The van der Waals surface area contributed by atoms with Gasteiger partial charge in [0, 0.05) is 31.9 Å². The minimum atomic E-state index is -1.40. The molecule has 2 fully saturated rings. The highest BCUT2D eigenvalue weighted by molar-refractivity contribution is 5.97. The number of benzene rings is 1. The number of alkyl carbamates (subject to hydrolysis) is 1. The molecular formula is C31H41F2N5O7. The van der Waals surface area contributed by atoms with Crippen molar-refractivity contribution < 1.29 is 37.7 Å². The zero-order valence-electron chi connectivity index (χ0n) is 26.5. The molecule has 246 valence electrons. The van der Waals surface area contributed by atoms with E-state index >= 15 is 8.78 Å². The van der Waals surface area contributed by atoms with Gasteiger partial charge in [0.15, 0.2) is 11.6 Å². The molecule has 1 atom stereocenters. The number of likely N-dealkylation sites (N-methyl/N-ethyl adjacent to an activating group) is 1. The summed E-state index contributed by atoms with van der Waals surface area (Å²) < 4.78 is 43.9. The lowest BCUT2D eigenvalue weighted by Crippen LogP contribution is -2.52. The molecule has 2 aliphatic rings. The van der Waals surface area contributed by atoms with Crippen LogP contribution in [0.25, 0.3) is 10.9 Å². The van der Waals surface area contributed by atoms with Crippen LogP contribution in [0.5, 0.6) is 5.75 Å². The number of carbonyl (C=O) groups excluding carboxylic acids is 2. The van der Waals surface area contributed by atoms with Gasteiger partial charge in [-0.15, -0.1) is 0 Å². The van der Waals surface area contributed by atoms with E-state index in [0.717, 1.165) is 18.9 Å². The summed E-state index contributed by atoms with van der Waals surface area (Å²) >= 11 is 0. The van der Waals surface area contributed by atoms with E-state index in [0.29, 0.717) is 30.5 Å². The summed E-state index contributed by atoms with van der Waals surface area (Å²) in [5, 5.41) is 14.5. The number of hydrogen-bond acceptors (Lipinski definition) is 8. The molecule has 0 unspecified atom stereocenters. The number of carboxylic acids is 1. The summed E-state index contributed by atoms with van der Waals surface area (Å²) in [6, 6.07) is -0.0348. The highest BCUT2D eigenvalue weighted by Gasteiger charge is 2.32. The number of nitrogens with one attached hydrogen (secondary N) is 2. The quantitative estimate of drug-likeness (QED) is 0.358. The van der Waals surface area contributed by atoms with Crippen LogP contribution in [0.15, 0.2) is 28.5 Å². The molecule has 2 aromatic rings. The lowest BCUT2D eigenvalue weighted by atomic mass is 10.0. The maximum atomic E-state index is 15.8. The molecule has 4 rings (SSSR count). The van der Waals surface area contributed by atoms with E-state index in [1.54, 1.807) is 49.2 Å². The van der Waals surface area contributed by atoms with E-state index in [9.17, 15) is 24.3 Å². The number of ether oxygens (including phenoxy) is 2. The minimum absolute atomic E-state index is 0.00134. The summed E-state index contributed by atoms with van der Waals surface area (Å²) in [5.74, 6) is -3.31. The van der Waals surface area contributed by atoms with E-state index in [1.165, 1.54) is 13.3 Å². The highest BCUT2D eigenvalue weighted by atomic mass is 19.1. The monoisotopic (exact) mass is 633 g/mol. The number of rotatable bonds is 10. The topological polar surface area (TPSA) is 142 Å². The van der Waals surface area contributed by atoms with Gasteiger partial charge in [0.25, 0.3) is 0 Å². The number of amides is 2. The van der Waals surface area contributed by atoms with Gasteiger partial charge in [0.1, 0.15) is 28.7 Å². The average Bonchev–Trinajstić information content (AvgIpc) is 3.79. The number of aromatic nitrogens is 1. The predicted molar refractivity (Wildman–Crippen MR) is 164 cm³/mol. The number of aromatic carboxylic acids is 1. The molecule has 0 bridgehead atoms. The van der Waals surface area contributed by atoms with Crippen LogP contribution < -0.4 is 25.7 Å². The number of hydrogen-bond donors (Lipinski definition) is 3. The maximum Gasteiger partial charge on any atom is 0.408 e. The first-order chi connectivity index (χ1) is 21.1. The molecule has 14 heteroatoms. The lowest BCUT2D eigenvalue weighted by Gasteiger charge is -2.33.